The van der Waals surface area contributed by atoms with E-state index in [0.717, 1.165) is 17.9 Å². The number of likely N-dealkylation sites (tertiary alicyclic amines) is 1. The summed E-state index contributed by atoms with van der Waals surface area (Å²) in [7, 11) is 0. The number of aliphatic hydroxyl groups is 1. The summed E-state index contributed by atoms with van der Waals surface area (Å²) in [6, 6.07) is 1.78. The molecule has 1 amide bonds. The maximum absolute atomic E-state index is 12.9. The van der Waals surface area contributed by atoms with E-state index >= 15 is 0 Å². The molecule has 8 heteroatoms. The molecule has 0 bridgehead atoms. The van der Waals surface area contributed by atoms with Crippen LogP contribution in [0.2, 0.25) is 0 Å². The lowest BCUT2D eigenvalue weighted by molar-refractivity contribution is 0.0764. The van der Waals surface area contributed by atoms with Crippen LogP contribution in [0.1, 0.15) is 29.9 Å². The Bertz CT molecular complexity index is 971. The Morgan fingerprint density at radius 1 is 1.21 bits per heavy atom. The summed E-state index contributed by atoms with van der Waals surface area (Å²) in [4.78, 5) is 31.8. The highest BCUT2D eigenvalue weighted by Gasteiger charge is 2.34. The predicted octanol–water partition coefficient (Wildman–Crippen LogP) is 1.55. The summed E-state index contributed by atoms with van der Waals surface area (Å²) >= 11 is 0. The van der Waals surface area contributed by atoms with Gasteiger partial charge in [0.15, 0.2) is 5.65 Å². The molecule has 0 aliphatic carbocycles. The number of hydrogen-bond acceptors (Lipinski definition) is 6. The number of carbonyl (C=O) groups excluding carboxylic acids is 1. The van der Waals surface area contributed by atoms with Gasteiger partial charge in [-0.15, -0.1) is 0 Å². The lowest BCUT2D eigenvalue weighted by Crippen LogP contribution is -2.29. The van der Waals surface area contributed by atoms with Gasteiger partial charge in [0, 0.05) is 50.3 Å². The molecule has 4 rings (SSSR count). The van der Waals surface area contributed by atoms with E-state index in [9.17, 15) is 9.90 Å². The molecule has 146 valence electrons. The van der Waals surface area contributed by atoms with Crippen molar-refractivity contribution in [2.45, 2.75) is 32.9 Å². The quantitative estimate of drug-likeness (QED) is 0.721. The standard InChI is InChI=1S/C20H24N6O2/c1-13(2)9-26-12-24-17-6-14(7-23-19(17)26)20(28)25-10-15(18(27)11-25)5-16-8-21-3-4-22-16/h3-4,6-8,12-13,15,18,27H,5,9-11H2,1-2H3/t15-,18-/m1/s1. The van der Waals surface area contributed by atoms with Crippen molar-refractivity contribution in [3.63, 3.8) is 0 Å². The van der Waals surface area contributed by atoms with Crippen LogP contribution in [0.5, 0.6) is 0 Å². The Balaban J connectivity index is 1.48. The van der Waals surface area contributed by atoms with Crippen LogP contribution in [-0.2, 0) is 13.0 Å². The summed E-state index contributed by atoms with van der Waals surface area (Å²) in [6.45, 7) is 5.90. The van der Waals surface area contributed by atoms with E-state index < -0.39 is 6.10 Å². The van der Waals surface area contributed by atoms with E-state index in [1.165, 1.54) is 0 Å². The van der Waals surface area contributed by atoms with Crippen LogP contribution in [0.15, 0.2) is 37.2 Å². The third-order valence-electron chi connectivity index (χ3n) is 5.05. The summed E-state index contributed by atoms with van der Waals surface area (Å²) in [5.74, 6) is 0.300. The van der Waals surface area contributed by atoms with Gasteiger partial charge in [-0.05, 0) is 18.4 Å². The number of aliphatic hydroxyl groups excluding tert-OH is 1. The molecule has 4 heterocycles. The normalized spacial score (nSPS) is 19.6. The fraction of sp³-hybridized carbons (Fsp3) is 0.450. The number of aromatic nitrogens is 5. The molecule has 1 saturated heterocycles. The summed E-state index contributed by atoms with van der Waals surface area (Å²) in [5.41, 5.74) is 2.81. The average molecular weight is 380 g/mol. The van der Waals surface area contributed by atoms with Crippen LogP contribution >= 0.6 is 0 Å². The summed E-state index contributed by atoms with van der Waals surface area (Å²) in [6.07, 6.45) is 8.34. The van der Waals surface area contributed by atoms with Crippen molar-refractivity contribution >= 4 is 17.1 Å². The zero-order valence-electron chi connectivity index (χ0n) is 16.1. The smallest absolute Gasteiger partial charge is 0.255 e. The van der Waals surface area contributed by atoms with E-state index in [1.807, 2.05) is 4.57 Å². The number of carbonyl (C=O) groups is 1. The minimum atomic E-state index is -0.576. The Labute approximate surface area is 163 Å². The maximum Gasteiger partial charge on any atom is 0.255 e. The molecule has 1 fully saturated rings. The van der Waals surface area contributed by atoms with Gasteiger partial charge in [-0.3, -0.25) is 14.8 Å². The molecule has 1 N–H and O–H groups in total. The first kappa shape index (κ1) is 18.5. The molecule has 0 unspecified atom stereocenters. The number of β-amino-alcohol motifs (C(OH)–C–C–N with tert-alkyl or cyclic N) is 1. The molecule has 1 aliphatic rings. The minimum absolute atomic E-state index is 0.0532. The number of pyridine rings is 1. The number of imidazole rings is 1. The van der Waals surface area contributed by atoms with Crippen LogP contribution in [0, 0.1) is 11.8 Å². The SMILES string of the molecule is CC(C)Cn1cnc2cc(C(=O)N3C[C@@H](Cc4cnccn4)[C@H](O)C3)cnc21. The van der Waals surface area contributed by atoms with Gasteiger partial charge in [0.25, 0.3) is 5.91 Å². The fourth-order valence-electron chi connectivity index (χ4n) is 3.70. The Kier molecular flexibility index (Phi) is 5.04. The van der Waals surface area contributed by atoms with E-state index in [0.29, 0.717) is 36.5 Å². The van der Waals surface area contributed by atoms with Crippen molar-refractivity contribution in [1.82, 2.24) is 29.4 Å². The number of nitrogens with zero attached hydrogens (tertiary/aromatic N) is 6. The van der Waals surface area contributed by atoms with Crippen LogP contribution in [-0.4, -0.2) is 59.6 Å². The molecule has 3 aromatic rings. The lowest BCUT2D eigenvalue weighted by Gasteiger charge is -2.16. The number of fused-ring (bicyclic) bond motifs is 1. The maximum atomic E-state index is 12.9. The van der Waals surface area contributed by atoms with Gasteiger partial charge in [0.1, 0.15) is 5.52 Å². The van der Waals surface area contributed by atoms with Crippen molar-refractivity contribution in [3.05, 3.63) is 48.4 Å². The molecule has 3 aromatic heterocycles. The Morgan fingerprint density at radius 3 is 2.82 bits per heavy atom. The highest BCUT2D eigenvalue weighted by molar-refractivity contribution is 5.96. The van der Waals surface area contributed by atoms with Gasteiger partial charge in [0.05, 0.1) is 23.7 Å². The van der Waals surface area contributed by atoms with Crippen LogP contribution < -0.4 is 0 Å². The molecule has 8 nitrogen and oxygen atoms in total. The van der Waals surface area contributed by atoms with Gasteiger partial charge in [-0.25, -0.2) is 9.97 Å². The van der Waals surface area contributed by atoms with Crippen molar-refractivity contribution in [1.29, 1.82) is 0 Å². The topological polar surface area (TPSA) is 97.0 Å². The summed E-state index contributed by atoms with van der Waals surface area (Å²) < 4.78 is 2.00. The van der Waals surface area contributed by atoms with Crippen LogP contribution in [0.3, 0.4) is 0 Å². The minimum Gasteiger partial charge on any atom is -0.391 e. The highest BCUT2D eigenvalue weighted by atomic mass is 16.3. The van der Waals surface area contributed by atoms with E-state index in [-0.39, 0.29) is 11.8 Å². The van der Waals surface area contributed by atoms with E-state index in [1.54, 1.807) is 42.1 Å². The largest absolute Gasteiger partial charge is 0.391 e. The monoisotopic (exact) mass is 380 g/mol. The lowest BCUT2D eigenvalue weighted by atomic mass is 10.0. The molecule has 0 spiro atoms. The third-order valence-corrected chi connectivity index (χ3v) is 5.05. The second-order valence-electron chi connectivity index (χ2n) is 7.80. The zero-order valence-corrected chi connectivity index (χ0v) is 16.1. The van der Waals surface area contributed by atoms with Crippen LogP contribution in [0.4, 0.5) is 0 Å². The first-order valence-electron chi connectivity index (χ1n) is 9.54. The molecule has 0 saturated carbocycles. The van der Waals surface area contributed by atoms with Crippen LogP contribution in [0.25, 0.3) is 11.2 Å². The first-order chi connectivity index (χ1) is 13.5. The zero-order chi connectivity index (χ0) is 19.7. The van der Waals surface area contributed by atoms with Crippen molar-refractivity contribution in [2.24, 2.45) is 11.8 Å². The van der Waals surface area contributed by atoms with Crippen molar-refractivity contribution in [3.8, 4) is 0 Å². The predicted molar refractivity (Wildman–Crippen MR) is 104 cm³/mol. The van der Waals surface area contributed by atoms with Crippen molar-refractivity contribution < 1.29 is 9.90 Å². The van der Waals surface area contributed by atoms with Gasteiger partial charge in [-0.2, -0.15) is 0 Å². The van der Waals surface area contributed by atoms with Gasteiger partial charge < -0.3 is 14.6 Å². The third kappa shape index (κ3) is 3.73. The number of rotatable bonds is 5. The molecule has 0 aromatic carbocycles. The first-order valence-corrected chi connectivity index (χ1v) is 9.54. The average Bonchev–Trinajstić information content (AvgIpc) is 3.25. The van der Waals surface area contributed by atoms with Gasteiger partial charge in [-0.1, -0.05) is 13.8 Å². The molecule has 2 atom stereocenters. The highest BCUT2D eigenvalue weighted by Crippen LogP contribution is 2.23. The summed E-state index contributed by atoms with van der Waals surface area (Å²) in [5, 5.41) is 10.4. The second-order valence-corrected chi connectivity index (χ2v) is 7.80. The number of amides is 1. The Hall–Kier alpha value is -2.87. The second kappa shape index (κ2) is 7.63. The van der Waals surface area contributed by atoms with Crippen molar-refractivity contribution in [2.75, 3.05) is 13.1 Å². The Morgan fingerprint density at radius 2 is 2.07 bits per heavy atom. The molecular weight excluding hydrogens is 356 g/mol. The molecular formula is C20H24N6O2. The van der Waals surface area contributed by atoms with E-state index in [4.69, 9.17) is 0 Å². The molecule has 28 heavy (non-hydrogen) atoms. The number of hydrogen-bond donors (Lipinski definition) is 1. The molecule has 0 radical (unpaired) electrons. The van der Waals surface area contributed by atoms with Gasteiger partial charge in [0.2, 0.25) is 0 Å². The molecule has 1 aliphatic heterocycles. The van der Waals surface area contributed by atoms with E-state index in [2.05, 4.69) is 33.8 Å². The van der Waals surface area contributed by atoms with Gasteiger partial charge >= 0.3 is 0 Å². The fourth-order valence-corrected chi connectivity index (χ4v) is 3.70.